The zero-order valence-electron chi connectivity index (χ0n) is 14.0. The Morgan fingerprint density at radius 1 is 1.25 bits per heavy atom. The molecule has 2 aromatic carbocycles. The van der Waals surface area contributed by atoms with Gasteiger partial charge >= 0.3 is 0 Å². The van der Waals surface area contributed by atoms with E-state index in [0.717, 1.165) is 37.3 Å². The number of carbonyl (C=O) groups excluding carboxylic acids is 1. The van der Waals surface area contributed by atoms with Gasteiger partial charge in [0, 0.05) is 30.2 Å². The minimum atomic E-state index is 0.0759. The topological polar surface area (TPSA) is 32.3 Å². The summed E-state index contributed by atoms with van der Waals surface area (Å²) >= 11 is 6.01. The number of carbonyl (C=O) groups is 1. The lowest BCUT2D eigenvalue weighted by atomic mass is 10.0. The highest BCUT2D eigenvalue weighted by Gasteiger charge is 2.24. The lowest BCUT2D eigenvalue weighted by Crippen LogP contribution is -2.22. The van der Waals surface area contributed by atoms with Gasteiger partial charge in [-0.3, -0.25) is 9.69 Å². The van der Waals surface area contributed by atoms with Gasteiger partial charge in [-0.25, -0.2) is 0 Å². The lowest BCUT2D eigenvalue weighted by Gasteiger charge is -2.16. The third kappa shape index (κ3) is 4.59. The molecule has 1 aliphatic rings. The molecule has 1 aliphatic heterocycles. The Morgan fingerprint density at radius 3 is 2.83 bits per heavy atom. The molecular formula is C20H23ClN2O. The Labute approximate surface area is 148 Å². The van der Waals surface area contributed by atoms with E-state index >= 15 is 0 Å². The standard InChI is InChI=1S/C20H23ClN2O/c1-15-7-8-18(21)12-19(15)22-20(24)11-17-9-10-23(14-17)13-16-5-3-2-4-6-16/h2-8,12,17H,9-11,13-14H2,1H3,(H,22,24). The fraction of sp³-hybridized carbons (Fsp3) is 0.350. The van der Waals surface area contributed by atoms with Crippen molar-refractivity contribution in [2.24, 2.45) is 5.92 Å². The zero-order chi connectivity index (χ0) is 16.9. The predicted octanol–water partition coefficient (Wildman–Crippen LogP) is 4.50. The van der Waals surface area contributed by atoms with E-state index in [1.165, 1.54) is 5.56 Å². The monoisotopic (exact) mass is 342 g/mol. The maximum Gasteiger partial charge on any atom is 0.224 e. The molecule has 126 valence electrons. The van der Waals surface area contributed by atoms with Crippen molar-refractivity contribution in [2.75, 3.05) is 18.4 Å². The van der Waals surface area contributed by atoms with Gasteiger partial charge in [0.15, 0.2) is 0 Å². The molecule has 4 heteroatoms. The van der Waals surface area contributed by atoms with Gasteiger partial charge in [-0.1, -0.05) is 48.0 Å². The number of anilines is 1. The van der Waals surface area contributed by atoms with E-state index in [1.54, 1.807) is 0 Å². The van der Waals surface area contributed by atoms with Crippen LogP contribution in [0.1, 0.15) is 24.0 Å². The average molecular weight is 343 g/mol. The molecule has 1 amide bonds. The molecule has 1 fully saturated rings. The van der Waals surface area contributed by atoms with Crippen molar-refractivity contribution in [1.82, 2.24) is 4.90 Å². The summed E-state index contributed by atoms with van der Waals surface area (Å²) in [6.07, 6.45) is 1.64. The number of nitrogens with zero attached hydrogens (tertiary/aromatic N) is 1. The van der Waals surface area contributed by atoms with Crippen LogP contribution in [0.4, 0.5) is 5.69 Å². The van der Waals surface area contributed by atoms with Crippen LogP contribution in [-0.2, 0) is 11.3 Å². The van der Waals surface area contributed by atoms with Crippen LogP contribution in [-0.4, -0.2) is 23.9 Å². The Hall–Kier alpha value is -1.84. The van der Waals surface area contributed by atoms with Crippen LogP contribution in [0.25, 0.3) is 0 Å². The molecular weight excluding hydrogens is 320 g/mol. The van der Waals surface area contributed by atoms with Crippen LogP contribution in [0, 0.1) is 12.8 Å². The summed E-state index contributed by atoms with van der Waals surface area (Å²) in [6, 6.07) is 16.1. The minimum absolute atomic E-state index is 0.0759. The molecule has 0 bridgehead atoms. The molecule has 0 spiro atoms. The summed E-state index contributed by atoms with van der Waals surface area (Å²) in [7, 11) is 0. The number of hydrogen-bond donors (Lipinski definition) is 1. The van der Waals surface area contributed by atoms with E-state index in [2.05, 4.69) is 34.5 Å². The fourth-order valence-electron chi connectivity index (χ4n) is 3.26. The second-order valence-electron chi connectivity index (χ2n) is 6.59. The number of likely N-dealkylation sites (tertiary alicyclic amines) is 1. The number of amides is 1. The molecule has 24 heavy (non-hydrogen) atoms. The largest absolute Gasteiger partial charge is 0.326 e. The Bertz CT molecular complexity index is 702. The van der Waals surface area contributed by atoms with Gasteiger partial charge in [0.1, 0.15) is 0 Å². The highest BCUT2D eigenvalue weighted by atomic mass is 35.5. The first-order chi connectivity index (χ1) is 11.6. The van der Waals surface area contributed by atoms with Crippen LogP contribution in [0.5, 0.6) is 0 Å². The number of aryl methyl sites for hydroxylation is 1. The quantitative estimate of drug-likeness (QED) is 0.867. The average Bonchev–Trinajstić information content (AvgIpc) is 2.98. The Balaban J connectivity index is 1.50. The van der Waals surface area contributed by atoms with Crippen molar-refractivity contribution in [2.45, 2.75) is 26.3 Å². The van der Waals surface area contributed by atoms with Crippen molar-refractivity contribution in [3.63, 3.8) is 0 Å². The maximum atomic E-state index is 12.3. The zero-order valence-corrected chi connectivity index (χ0v) is 14.7. The fourth-order valence-corrected chi connectivity index (χ4v) is 3.43. The van der Waals surface area contributed by atoms with Gasteiger partial charge in [0.25, 0.3) is 0 Å². The van der Waals surface area contributed by atoms with Gasteiger partial charge in [0.05, 0.1) is 0 Å². The summed E-state index contributed by atoms with van der Waals surface area (Å²) in [6.45, 7) is 4.98. The van der Waals surface area contributed by atoms with Gasteiger partial charge in [0.2, 0.25) is 5.91 Å². The summed E-state index contributed by atoms with van der Waals surface area (Å²) in [5, 5.41) is 3.64. The molecule has 2 aromatic rings. The smallest absolute Gasteiger partial charge is 0.224 e. The van der Waals surface area contributed by atoms with E-state index in [0.29, 0.717) is 17.4 Å². The number of benzene rings is 2. The first-order valence-electron chi connectivity index (χ1n) is 8.42. The van der Waals surface area contributed by atoms with Gasteiger partial charge in [-0.15, -0.1) is 0 Å². The van der Waals surface area contributed by atoms with Gasteiger partial charge < -0.3 is 5.32 Å². The van der Waals surface area contributed by atoms with Crippen LogP contribution < -0.4 is 5.32 Å². The lowest BCUT2D eigenvalue weighted by molar-refractivity contribution is -0.117. The Kier molecular flexibility index (Phi) is 5.54. The Morgan fingerprint density at radius 2 is 2.04 bits per heavy atom. The normalized spacial score (nSPS) is 17.8. The van der Waals surface area contributed by atoms with Crippen LogP contribution >= 0.6 is 11.6 Å². The van der Waals surface area contributed by atoms with Crippen molar-refractivity contribution in [3.8, 4) is 0 Å². The number of halogens is 1. The SMILES string of the molecule is Cc1ccc(Cl)cc1NC(=O)CC1CCN(Cc2ccccc2)C1. The van der Waals surface area contributed by atoms with Crippen LogP contribution in [0.3, 0.4) is 0 Å². The van der Waals surface area contributed by atoms with Gasteiger partial charge in [-0.2, -0.15) is 0 Å². The summed E-state index contributed by atoms with van der Waals surface area (Å²) in [5.41, 5.74) is 3.17. The van der Waals surface area contributed by atoms with E-state index in [-0.39, 0.29) is 5.91 Å². The van der Waals surface area contributed by atoms with E-state index in [9.17, 15) is 4.79 Å². The number of nitrogens with one attached hydrogen (secondary N) is 1. The molecule has 0 aromatic heterocycles. The van der Waals surface area contributed by atoms with Gasteiger partial charge in [-0.05, 0) is 49.1 Å². The first kappa shape index (κ1) is 17.0. The summed E-state index contributed by atoms with van der Waals surface area (Å²) < 4.78 is 0. The summed E-state index contributed by atoms with van der Waals surface area (Å²) in [4.78, 5) is 14.8. The third-order valence-corrected chi connectivity index (χ3v) is 4.80. The first-order valence-corrected chi connectivity index (χ1v) is 8.80. The molecule has 1 N–H and O–H groups in total. The van der Waals surface area contributed by atoms with E-state index in [4.69, 9.17) is 11.6 Å². The molecule has 1 saturated heterocycles. The molecule has 1 atom stereocenters. The molecule has 1 unspecified atom stereocenters. The van der Waals surface area contributed by atoms with Crippen molar-refractivity contribution >= 4 is 23.2 Å². The molecule has 0 saturated carbocycles. The minimum Gasteiger partial charge on any atom is -0.326 e. The van der Waals surface area contributed by atoms with Crippen molar-refractivity contribution in [1.29, 1.82) is 0 Å². The second kappa shape index (κ2) is 7.82. The van der Waals surface area contributed by atoms with Crippen molar-refractivity contribution < 1.29 is 4.79 Å². The summed E-state index contributed by atoms with van der Waals surface area (Å²) in [5.74, 6) is 0.500. The number of rotatable bonds is 5. The second-order valence-corrected chi connectivity index (χ2v) is 7.02. The molecule has 0 radical (unpaired) electrons. The van der Waals surface area contributed by atoms with Crippen molar-refractivity contribution in [3.05, 3.63) is 64.7 Å². The van der Waals surface area contributed by atoms with E-state index < -0.39 is 0 Å². The molecule has 3 rings (SSSR count). The molecule has 0 aliphatic carbocycles. The predicted molar refractivity (Wildman–Crippen MR) is 99.3 cm³/mol. The number of hydrogen-bond acceptors (Lipinski definition) is 2. The molecule has 3 nitrogen and oxygen atoms in total. The van der Waals surface area contributed by atoms with Crippen LogP contribution in [0.2, 0.25) is 5.02 Å². The highest BCUT2D eigenvalue weighted by molar-refractivity contribution is 6.31. The third-order valence-electron chi connectivity index (χ3n) is 4.57. The highest BCUT2D eigenvalue weighted by Crippen LogP contribution is 2.24. The molecule has 1 heterocycles. The maximum absolute atomic E-state index is 12.3. The van der Waals surface area contributed by atoms with E-state index in [1.807, 2.05) is 31.2 Å². The van der Waals surface area contributed by atoms with Crippen LogP contribution in [0.15, 0.2) is 48.5 Å².